The number of hydrogen-bond donors (Lipinski definition) is 1. The Morgan fingerprint density at radius 2 is 1.89 bits per heavy atom. The van der Waals surface area contributed by atoms with Gasteiger partial charge in [0.15, 0.2) is 5.78 Å². The van der Waals surface area contributed by atoms with Crippen LogP contribution in [0.2, 0.25) is 5.02 Å². The van der Waals surface area contributed by atoms with Crippen molar-refractivity contribution >= 4 is 40.0 Å². The van der Waals surface area contributed by atoms with Crippen LogP contribution in [-0.2, 0) is 11.3 Å². The van der Waals surface area contributed by atoms with Gasteiger partial charge in [-0.3, -0.25) is 4.79 Å². The molecule has 0 saturated carbocycles. The molecule has 1 aliphatic rings. The molecule has 1 aliphatic carbocycles. The van der Waals surface area contributed by atoms with Crippen LogP contribution in [0, 0.1) is 5.41 Å². The lowest BCUT2D eigenvalue weighted by atomic mass is 9.79. The fourth-order valence-electron chi connectivity index (χ4n) is 2.25. The Labute approximate surface area is 132 Å². The summed E-state index contributed by atoms with van der Waals surface area (Å²) in [7, 11) is 0. The summed E-state index contributed by atoms with van der Waals surface area (Å²) in [6.45, 7) is 5.00. The Bertz CT molecular complexity index is 519. The molecule has 0 aliphatic heterocycles. The fraction of sp³-hybridized carbons (Fsp3) is 0.400. The second kappa shape index (κ2) is 5.83. The topological polar surface area (TPSA) is 29.1 Å². The molecular weight excluding hydrogens is 373 g/mol. The molecule has 1 aromatic rings. The highest BCUT2D eigenvalue weighted by atomic mass is 127. The predicted octanol–water partition coefficient (Wildman–Crippen LogP) is 4.47. The van der Waals surface area contributed by atoms with Gasteiger partial charge in [-0.15, -0.1) is 0 Å². The molecule has 0 spiro atoms. The average Bonchev–Trinajstić information content (AvgIpc) is 2.33. The predicted molar refractivity (Wildman–Crippen MR) is 87.4 cm³/mol. The lowest BCUT2D eigenvalue weighted by molar-refractivity contribution is -0.117. The van der Waals surface area contributed by atoms with Gasteiger partial charge < -0.3 is 5.32 Å². The van der Waals surface area contributed by atoms with Gasteiger partial charge in [0.25, 0.3) is 0 Å². The number of carbonyl (C=O) groups is 1. The summed E-state index contributed by atoms with van der Waals surface area (Å²) >= 11 is 8.02. The Morgan fingerprint density at radius 3 is 2.53 bits per heavy atom. The van der Waals surface area contributed by atoms with E-state index in [1.54, 1.807) is 0 Å². The number of Topliss-reactive ketones (excluding diaryl/α,β-unsaturated/α-hetero) is 1. The molecule has 2 rings (SSSR count). The summed E-state index contributed by atoms with van der Waals surface area (Å²) in [4.78, 5) is 12.0. The molecule has 0 fully saturated rings. The molecule has 0 saturated heterocycles. The maximum atomic E-state index is 12.0. The molecule has 1 aromatic carbocycles. The molecule has 0 unspecified atom stereocenters. The minimum Gasteiger partial charge on any atom is -0.383 e. The summed E-state index contributed by atoms with van der Waals surface area (Å²) in [5.74, 6) is 0.246. The minimum absolute atomic E-state index is 0.0497. The molecule has 0 radical (unpaired) electrons. The molecule has 0 bridgehead atoms. The second-order valence-electron chi connectivity index (χ2n) is 5.71. The van der Waals surface area contributed by atoms with E-state index in [2.05, 4.69) is 41.8 Å². The Hall–Kier alpha value is -0.550. The molecule has 102 valence electrons. The van der Waals surface area contributed by atoms with Gasteiger partial charge in [-0.05, 0) is 52.1 Å². The second-order valence-corrected chi connectivity index (χ2v) is 7.23. The van der Waals surface area contributed by atoms with Crippen LogP contribution in [-0.4, -0.2) is 5.78 Å². The number of rotatable bonds is 3. The van der Waals surface area contributed by atoms with E-state index in [0.29, 0.717) is 6.42 Å². The maximum Gasteiger partial charge on any atom is 0.171 e. The average molecular weight is 390 g/mol. The van der Waals surface area contributed by atoms with Crippen LogP contribution < -0.4 is 5.32 Å². The SMILES string of the molecule is CC1(C)CC(=O)C(I)=C(NCc2ccc(Cl)cc2)C1. The van der Waals surface area contributed by atoms with Crippen LogP contribution in [0.3, 0.4) is 0 Å². The van der Waals surface area contributed by atoms with Gasteiger partial charge in [-0.2, -0.15) is 0 Å². The van der Waals surface area contributed by atoms with E-state index < -0.39 is 0 Å². The van der Waals surface area contributed by atoms with Gasteiger partial charge in [0.2, 0.25) is 0 Å². The van der Waals surface area contributed by atoms with E-state index in [4.69, 9.17) is 11.6 Å². The zero-order chi connectivity index (χ0) is 14.0. The summed E-state index contributed by atoms with van der Waals surface area (Å²) < 4.78 is 0.853. The summed E-state index contributed by atoms with van der Waals surface area (Å²) in [5.41, 5.74) is 2.28. The molecule has 0 amide bonds. The molecule has 4 heteroatoms. The first-order chi connectivity index (χ1) is 8.87. The molecule has 0 heterocycles. The number of allylic oxidation sites excluding steroid dienone is 2. The van der Waals surface area contributed by atoms with Gasteiger partial charge >= 0.3 is 0 Å². The first-order valence-electron chi connectivity index (χ1n) is 6.27. The van der Waals surface area contributed by atoms with Crippen molar-refractivity contribution in [3.05, 3.63) is 44.1 Å². The Balaban J connectivity index is 2.07. The van der Waals surface area contributed by atoms with Crippen LogP contribution >= 0.6 is 34.2 Å². The quantitative estimate of drug-likeness (QED) is 0.773. The van der Waals surface area contributed by atoms with Crippen molar-refractivity contribution in [2.24, 2.45) is 5.41 Å². The van der Waals surface area contributed by atoms with Crippen molar-refractivity contribution in [1.82, 2.24) is 5.32 Å². The van der Waals surface area contributed by atoms with Gasteiger partial charge in [0.1, 0.15) is 0 Å². The van der Waals surface area contributed by atoms with Crippen LogP contribution in [0.4, 0.5) is 0 Å². The van der Waals surface area contributed by atoms with E-state index in [1.807, 2.05) is 24.3 Å². The number of halogens is 2. The van der Waals surface area contributed by atoms with Crippen molar-refractivity contribution in [1.29, 1.82) is 0 Å². The lowest BCUT2D eigenvalue weighted by Crippen LogP contribution is -2.29. The number of ketones is 1. The standard InChI is InChI=1S/C15H17ClINO/c1-15(2)7-12(14(17)13(19)8-15)18-9-10-3-5-11(16)6-4-10/h3-6,18H,7-9H2,1-2H3. The largest absolute Gasteiger partial charge is 0.383 e. The highest BCUT2D eigenvalue weighted by molar-refractivity contribution is 14.1. The normalized spacial score (nSPS) is 18.6. The summed E-state index contributed by atoms with van der Waals surface area (Å²) in [6.07, 6.45) is 1.56. The molecule has 2 nitrogen and oxygen atoms in total. The third-order valence-electron chi connectivity index (χ3n) is 3.22. The van der Waals surface area contributed by atoms with E-state index in [-0.39, 0.29) is 11.2 Å². The highest BCUT2D eigenvalue weighted by Crippen LogP contribution is 2.37. The van der Waals surface area contributed by atoms with Crippen molar-refractivity contribution in [2.45, 2.75) is 33.2 Å². The first kappa shape index (κ1) is 14.9. The van der Waals surface area contributed by atoms with Crippen molar-refractivity contribution in [3.63, 3.8) is 0 Å². The van der Waals surface area contributed by atoms with Crippen molar-refractivity contribution in [2.75, 3.05) is 0 Å². The number of carbonyl (C=O) groups excluding carboxylic acids is 1. The molecule has 1 N–H and O–H groups in total. The van der Waals surface area contributed by atoms with Crippen LogP contribution in [0.15, 0.2) is 33.5 Å². The molecule has 19 heavy (non-hydrogen) atoms. The van der Waals surface area contributed by atoms with E-state index in [9.17, 15) is 4.79 Å². The number of benzene rings is 1. The van der Waals surface area contributed by atoms with E-state index >= 15 is 0 Å². The van der Waals surface area contributed by atoms with Crippen LogP contribution in [0.25, 0.3) is 0 Å². The van der Waals surface area contributed by atoms with E-state index in [0.717, 1.165) is 32.8 Å². The van der Waals surface area contributed by atoms with Gasteiger partial charge in [-0.25, -0.2) is 0 Å². The number of hydrogen-bond acceptors (Lipinski definition) is 2. The fourth-order valence-corrected chi connectivity index (χ4v) is 2.95. The van der Waals surface area contributed by atoms with E-state index in [1.165, 1.54) is 0 Å². The third-order valence-corrected chi connectivity index (χ3v) is 4.73. The zero-order valence-electron chi connectivity index (χ0n) is 11.1. The molecule has 0 aromatic heterocycles. The first-order valence-corrected chi connectivity index (χ1v) is 7.73. The van der Waals surface area contributed by atoms with Gasteiger partial charge in [-0.1, -0.05) is 37.6 Å². The Kier molecular flexibility index (Phi) is 4.56. The Morgan fingerprint density at radius 1 is 1.26 bits per heavy atom. The molecular formula is C15H17ClINO. The lowest BCUT2D eigenvalue weighted by Gasteiger charge is -2.31. The summed E-state index contributed by atoms with van der Waals surface area (Å²) in [5, 5.41) is 4.14. The monoisotopic (exact) mass is 389 g/mol. The third kappa shape index (κ3) is 3.96. The van der Waals surface area contributed by atoms with Crippen molar-refractivity contribution < 1.29 is 4.79 Å². The summed E-state index contributed by atoms with van der Waals surface area (Å²) in [6, 6.07) is 7.76. The van der Waals surface area contributed by atoms with Gasteiger partial charge in [0, 0.05) is 23.7 Å². The van der Waals surface area contributed by atoms with Crippen LogP contribution in [0.1, 0.15) is 32.3 Å². The highest BCUT2D eigenvalue weighted by Gasteiger charge is 2.31. The maximum absolute atomic E-state index is 12.0. The molecule has 0 atom stereocenters. The smallest absolute Gasteiger partial charge is 0.171 e. The van der Waals surface area contributed by atoms with Crippen LogP contribution in [0.5, 0.6) is 0 Å². The van der Waals surface area contributed by atoms with Crippen molar-refractivity contribution in [3.8, 4) is 0 Å². The minimum atomic E-state index is 0.0497. The zero-order valence-corrected chi connectivity index (χ0v) is 14.0. The van der Waals surface area contributed by atoms with Gasteiger partial charge in [0.05, 0.1) is 3.58 Å². The number of nitrogens with one attached hydrogen (secondary N) is 1.